The van der Waals surface area contributed by atoms with Crippen molar-refractivity contribution in [1.29, 1.82) is 0 Å². The summed E-state index contributed by atoms with van der Waals surface area (Å²) in [5, 5.41) is 8.90. The van der Waals surface area contributed by atoms with Gasteiger partial charge in [0.2, 0.25) is 0 Å². The zero-order valence-corrected chi connectivity index (χ0v) is 15.0. The minimum absolute atomic E-state index is 0.199. The summed E-state index contributed by atoms with van der Waals surface area (Å²) in [6.07, 6.45) is -4.43. The third-order valence-electron chi connectivity index (χ3n) is 4.16. The molecule has 4 nitrogen and oxygen atoms in total. The van der Waals surface area contributed by atoms with Crippen molar-refractivity contribution in [3.63, 3.8) is 0 Å². The Morgan fingerprint density at radius 1 is 0.964 bits per heavy atom. The molecule has 0 radical (unpaired) electrons. The first-order chi connectivity index (χ1) is 13.3. The van der Waals surface area contributed by atoms with Gasteiger partial charge in [-0.25, -0.2) is 5.43 Å². The predicted octanol–water partition coefficient (Wildman–Crippen LogP) is 4.81. The smallest absolute Gasteiger partial charge is 0.376 e. The molecule has 3 aromatic carbocycles. The van der Waals surface area contributed by atoms with Gasteiger partial charge in [0, 0.05) is 5.69 Å². The van der Waals surface area contributed by atoms with Gasteiger partial charge in [-0.1, -0.05) is 42.5 Å². The van der Waals surface area contributed by atoms with Crippen LogP contribution in [0.15, 0.2) is 71.8 Å². The van der Waals surface area contributed by atoms with Gasteiger partial charge in [0.25, 0.3) is 5.91 Å². The first-order valence-electron chi connectivity index (χ1n) is 8.56. The Kier molecular flexibility index (Phi) is 5.63. The molecule has 0 atom stereocenters. The van der Waals surface area contributed by atoms with Gasteiger partial charge in [-0.3, -0.25) is 4.79 Å². The summed E-state index contributed by atoms with van der Waals surface area (Å²) in [4.78, 5) is 11.9. The second kappa shape index (κ2) is 8.12. The Balaban J connectivity index is 1.60. The maximum Gasteiger partial charge on any atom is 0.416 e. The highest BCUT2D eigenvalue weighted by molar-refractivity contribution is 6.02. The van der Waals surface area contributed by atoms with Crippen LogP contribution in [0.4, 0.5) is 18.9 Å². The van der Waals surface area contributed by atoms with Crippen LogP contribution in [0.3, 0.4) is 0 Å². The summed E-state index contributed by atoms with van der Waals surface area (Å²) in [6.45, 7) is 1.57. The lowest BCUT2D eigenvalue weighted by molar-refractivity contribution is -0.137. The van der Waals surface area contributed by atoms with Crippen LogP contribution in [0.25, 0.3) is 10.8 Å². The molecule has 144 valence electrons. The molecule has 0 bridgehead atoms. The quantitative estimate of drug-likeness (QED) is 0.489. The van der Waals surface area contributed by atoms with Crippen LogP contribution in [0.1, 0.15) is 18.1 Å². The molecule has 0 unspecified atom stereocenters. The number of carbonyl (C=O) groups excluding carboxylic acids is 1. The SMILES string of the molecule is CC(=NNC(=O)CNc1cccc(C(F)(F)F)c1)c1ccc2ccccc2c1. The van der Waals surface area contributed by atoms with Crippen LogP contribution < -0.4 is 10.7 Å². The van der Waals surface area contributed by atoms with Gasteiger partial charge in [-0.15, -0.1) is 0 Å². The molecule has 7 heteroatoms. The van der Waals surface area contributed by atoms with E-state index in [0.717, 1.165) is 28.5 Å². The van der Waals surface area contributed by atoms with E-state index in [4.69, 9.17) is 0 Å². The number of hydrazone groups is 1. The highest BCUT2D eigenvalue weighted by Gasteiger charge is 2.30. The number of nitrogens with one attached hydrogen (secondary N) is 2. The van der Waals surface area contributed by atoms with E-state index in [1.165, 1.54) is 12.1 Å². The number of benzene rings is 3. The molecule has 2 N–H and O–H groups in total. The second-order valence-corrected chi connectivity index (χ2v) is 6.23. The number of hydrogen-bond donors (Lipinski definition) is 2. The molecular weight excluding hydrogens is 367 g/mol. The van der Waals surface area contributed by atoms with Crippen LogP contribution in [0.5, 0.6) is 0 Å². The standard InChI is InChI=1S/C21H18F3N3O/c1-14(16-10-9-15-5-2-3-6-17(15)11-16)26-27-20(28)13-25-19-8-4-7-18(12-19)21(22,23)24/h2-12,25H,13H2,1H3,(H,27,28). The van der Waals surface area contributed by atoms with Crippen LogP contribution in [0.2, 0.25) is 0 Å². The third-order valence-corrected chi connectivity index (χ3v) is 4.16. The number of anilines is 1. The van der Waals surface area contributed by atoms with Gasteiger partial charge in [-0.2, -0.15) is 18.3 Å². The molecule has 0 aromatic heterocycles. The molecule has 3 rings (SSSR count). The van der Waals surface area contributed by atoms with Crippen LogP contribution in [-0.4, -0.2) is 18.2 Å². The fourth-order valence-electron chi connectivity index (χ4n) is 2.65. The lowest BCUT2D eigenvalue weighted by atomic mass is 10.0. The largest absolute Gasteiger partial charge is 0.416 e. The number of halogens is 3. The van der Waals surface area contributed by atoms with Gasteiger partial charge < -0.3 is 5.32 Å². The van der Waals surface area contributed by atoms with Crippen molar-refractivity contribution in [1.82, 2.24) is 5.43 Å². The number of alkyl halides is 3. The van der Waals surface area contributed by atoms with E-state index in [-0.39, 0.29) is 12.2 Å². The molecule has 1 amide bonds. The molecule has 0 saturated carbocycles. The molecular formula is C21H18F3N3O. The van der Waals surface area contributed by atoms with Crippen molar-refractivity contribution in [3.8, 4) is 0 Å². The molecule has 0 aliphatic rings. The molecule has 0 heterocycles. The Labute approximate surface area is 160 Å². The number of amides is 1. The fraction of sp³-hybridized carbons (Fsp3) is 0.143. The predicted molar refractivity (Wildman–Crippen MR) is 104 cm³/mol. The summed E-state index contributed by atoms with van der Waals surface area (Å²) in [6, 6.07) is 18.4. The van der Waals surface area contributed by atoms with E-state index < -0.39 is 17.6 Å². The minimum atomic E-state index is -4.43. The van der Waals surface area contributed by atoms with E-state index in [1.807, 2.05) is 42.5 Å². The molecule has 0 fully saturated rings. The Hall–Kier alpha value is -3.35. The monoisotopic (exact) mass is 385 g/mol. The fourth-order valence-corrected chi connectivity index (χ4v) is 2.65. The van der Waals surface area contributed by atoms with Crippen LogP contribution >= 0.6 is 0 Å². The van der Waals surface area contributed by atoms with Crippen molar-refractivity contribution in [2.45, 2.75) is 13.1 Å². The van der Waals surface area contributed by atoms with Crippen LogP contribution in [-0.2, 0) is 11.0 Å². The summed E-state index contributed by atoms with van der Waals surface area (Å²) in [5.41, 5.74) is 3.33. The number of rotatable bonds is 5. The Morgan fingerprint density at radius 2 is 1.71 bits per heavy atom. The minimum Gasteiger partial charge on any atom is -0.376 e. The average Bonchev–Trinajstić information content (AvgIpc) is 2.69. The molecule has 0 spiro atoms. The first-order valence-corrected chi connectivity index (χ1v) is 8.56. The van der Waals surface area contributed by atoms with Crippen molar-refractivity contribution in [3.05, 3.63) is 77.9 Å². The number of carbonyl (C=O) groups is 1. The van der Waals surface area contributed by atoms with Gasteiger partial charge >= 0.3 is 6.18 Å². The van der Waals surface area contributed by atoms with E-state index >= 15 is 0 Å². The van der Waals surface area contributed by atoms with Crippen LogP contribution in [0, 0.1) is 0 Å². The maximum absolute atomic E-state index is 12.7. The lowest BCUT2D eigenvalue weighted by Gasteiger charge is -2.10. The molecule has 0 aliphatic heterocycles. The zero-order valence-electron chi connectivity index (χ0n) is 15.0. The molecule has 28 heavy (non-hydrogen) atoms. The van der Waals surface area contributed by atoms with Crippen molar-refractivity contribution in [2.24, 2.45) is 5.10 Å². The summed E-state index contributed by atoms with van der Waals surface area (Å²) in [7, 11) is 0. The van der Waals surface area contributed by atoms with E-state index in [0.29, 0.717) is 5.71 Å². The topological polar surface area (TPSA) is 53.5 Å². The average molecular weight is 385 g/mol. The van der Waals surface area contributed by atoms with E-state index in [2.05, 4.69) is 15.8 Å². The first kappa shape index (κ1) is 19.4. The molecule has 0 saturated heterocycles. The van der Waals surface area contributed by atoms with Crippen molar-refractivity contribution < 1.29 is 18.0 Å². The van der Waals surface area contributed by atoms with E-state index in [1.54, 1.807) is 6.92 Å². The number of fused-ring (bicyclic) bond motifs is 1. The Morgan fingerprint density at radius 3 is 2.46 bits per heavy atom. The second-order valence-electron chi connectivity index (χ2n) is 6.23. The van der Waals surface area contributed by atoms with Gasteiger partial charge in [0.1, 0.15) is 0 Å². The van der Waals surface area contributed by atoms with Gasteiger partial charge in [-0.05, 0) is 47.5 Å². The van der Waals surface area contributed by atoms with Crippen molar-refractivity contribution in [2.75, 3.05) is 11.9 Å². The normalized spacial score (nSPS) is 12.1. The molecule has 0 aliphatic carbocycles. The summed E-state index contributed by atoms with van der Waals surface area (Å²) < 4.78 is 38.1. The summed E-state index contributed by atoms with van der Waals surface area (Å²) in [5.74, 6) is -0.461. The maximum atomic E-state index is 12.7. The Bertz CT molecular complexity index is 1030. The van der Waals surface area contributed by atoms with Gasteiger partial charge in [0.15, 0.2) is 0 Å². The molecule has 3 aromatic rings. The number of hydrogen-bond acceptors (Lipinski definition) is 3. The number of nitrogens with zero attached hydrogens (tertiary/aromatic N) is 1. The highest BCUT2D eigenvalue weighted by Crippen LogP contribution is 2.30. The highest BCUT2D eigenvalue weighted by atomic mass is 19.4. The van der Waals surface area contributed by atoms with Crippen molar-refractivity contribution >= 4 is 28.1 Å². The zero-order chi connectivity index (χ0) is 20.1. The lowest BCUT2D eigenvalue weighted by Crippen LogP contribution is -2.26. The van der Waals surface area contributed by atoms with E-state index in [9.17, 15) is 18.0 Å². The third kappa shape index (κ3) is 4.88. The summed E-state index contributed by atoms with van der Waals surface area (Å²) >= 11 is 0. The van der Waals surface area contributed by atoms with Gasteiger partial charge in [0.05, 0.1) is 17.8 Å².